The molecular formula is C12H25N3. The zero-order valence-electron chi connectivity index (χ0n) is 9.89. The molecule has 3 heteroatoms. The lowest BCUT2D eigenvalue weighted by Gasteiger charge is -2.36. The summed E-state index contributed by atoms with van der Waals surface area (Å²) in [5, 5.41) is 10.7. The average molecular weight is 211 g/mol. The van der Waals surface area contributed by atoms with E-state index in [9.17, 15) is 0 Å². The maximum Gasteiger partial charge on any atom is 0.0223 e. The summed E-state index contributed by atoms with van der Waals surface area (Å²) < 4.78 is 0. The molecule has 2 rings (SSSR count). The molecule has 2 atom stereocenters. The number of piperidine rings is 1. The first-order valence-corrected chi connectivity index (χ1v) is 6.54. The molecule has 0 aromatic carbocycles. The minimum atomic E-state index is 0.702. The van der Waals surface area contributed by atoms with Gasteiger partial charge in [-0.25, -0.2) is 0 Å². The van der Waals surface area contributed by atoms with Crippen LogP contribution in [0.5, 0.6) is 0 Å². The van der Waals surface area contributed by atoms with Crippen LogP contribution in [0.2, 0.25) is 0 Å². The summed E-state index contributed by atoms with van der Waals surface area (Å²) >= 11 is 0. The summed E-state index contributed by atoms with van der Waals surface area (Å²) in [6.45, 7) is 2.38. The number of hydrogen-bond donors (Lipinski definition) is 3. The maximum atomic E-state index is 3.86. The summed E-state index contributed by atoms with van der Waals surface area (Å²) in [5.74, 6) is 0. The molecule has 1 saturated carbocycles. The van der Waals surface area contributed by atoms with Crippen molar-refractivity contribution in [2.24, 2.45) is 0 Å². The average Bonchev–Trinajstić information content (AvgIpc) is 2.31. The van der Waals surface area contributed by atoms with E-state index in [0.717, 1.165) is 6.04 Å². The van der Waals surface area contributed by atoms with Gasteiger partial charge in [0.25, 0.3) is 0 Å². The van der Waals surface area contributed by atoms with Crippen molar-refractivity contribution in [2.45, 2.75) is 56.7 Å². The van der Waals surface area contributed by atoms with Crippen molar-refractivity contribution in [3.05, 3.63) is 0 Å². The summed E-state index contributed by atoms with van der Waals surface area (Å²) in [4.78, 5) is 0. The molecule has 0 aromatic heterocycles. The van der Waals surface area contributed by atoms with E-state index in [1.54, 1.807) is 0 Å². The van der Waals surface area contributed by atoms with Gasteiger partial charge in [0.15, 0.2) is 0 Å². The van der Waals surface area contributed by atoms with Crippen molar-refractivity contribution in [3.63, 3.8) is 0 Å². The lowest BCUT2D eigenvalue weighted by molar-refractivity contribution is 0.252. The molecule has 88 valence electrons. The summed E-state index contributed by atoms with van der Waals surface area (Å²) in [5.41, 5.74) is 0. The molecule has 1 aliphatic carbocycles. The smallest absolute Gasteiger partial charge is 0.0223 e. The minimum Gasteiger partial charge on any atom is -0.317 e. The predicted molar refractivity (Wildman–Crippen MR) is 64.1 cm³/mol. The molecule has 1 saturated heterocycles. The van der Waals surface area contributed by atoms with Crippen LogP contribution >= 0.6 is 0 Å². The lowest BCUT2D eigenvalue weighted by atomic mass is 9.89. The Bertz CT molecular complexity index is 178. The van der Waals surface area contributed by atoms with Crippen LogP contribution in [0.15, 0.2) is 0 Å². The topological polar surface area (TPSA) is 36.1 Å². The van der Waals surface area contributed by atoms with Crippen molar-refractivity contribution in [2.75, 3.05) is 20.1 Å². The molecule has 0 aromatic rings. The molecule has 0 radical (unpaired) electrons. The van der Waals surface area contributed by atoms with Crippen LogP contribution < -0.4 is 16.0 Å². The van der Waals surface area contributed by atoms with E-state index >= 15 is 0 Å². The number of likely N-dealkylation sites (N-methyl/N-ethyl adjacent to an activating group) is 1. The van der Waals surface area contributed by atoms with E-state index in [0.29, 0.717) is 12.1 Å². The van der Waals surface area contributed by atoms with Crippen LogP contribution in [-0.4, -0.2) is 38.3 Å². The highest BCUT2D eigenvalue weighted by atomic mass is 15.0. The molecule has 0 bridgehead atoms. The van der Waals surface area contributed by atoms with Gasteiger partial charge in [-0.3, -0.25) is 0 Å². The van der Waals surface area contributed by atoms with Crippen LogP contribution in [0.1, 0.15) is 38.5 Å². The fourth-order valence-electron chi connectivity index (χ4n) is 2.97. The third kappa shape index (κ3) is 3.16. The summed E-state index contributed by atoms with van der Waals surface area (Å²) in [7, 11) is 2.10. The van der Waals surface area contributed by atoms with Gasteiger partial charge in [0, 0.05) is 18.1 Å². The highest BCUT2D eigenvalue weighted by molar-refractivity contribution is 4.88. The van der Waals surface area contributed by atoms with Gasteiger partial charge in [0.2, 0.25) is 0 Å². The Balaban J connectivity index is 1.79. The molecule has 0 amide bonds. The second-order valence-corrected chi connectivity index (χ2v) is 4.98. The van der Waals surface area contributed by atoms with E-state index in [2.05, 4.69) is 23.0 Å². The van der Waals surface area contributed by atoms with Gasteiger partial charge in [-0.05, 0) is 45.8 Å². The normalized spacial score (nSPS) is 34.2. The maximum absolute atomic E-state index is 3.86. The van der Waals surface area contributed by atoms with Crippen molar-refractivity contribution in [3.8, 4) is 0 Å². The van der Waals surface area contributed by atoms with Gasteiger partial charge in [0.1, 0.15) is 0 Å². The van der Waals surface area contributed by atoms with Crippen LogP contribution in [0.25, 0.3) is 0 Å². The monoisotopic (exact) mass is 211 g/mol. The fourth-order valence-corrected chi connectivity index (χ4v) is 2.97. The third-order valence-electron chi connectivity index (χ3n) is 3.93. The van der Waals surface area contributed by atoms with Crippen LogP contribution in [0.4, 0.5) is 0 Å². The van der Waals surface area contributed by atoms with Crippen molar-refractivity contribution >= 4 is 0 Å². The molecule has 2 aliphatic rings. The van der Waals surface area contributed by atoms with Crippen molar-refractivity contribution < 1.29 is 0 Å². The SMILES string of the molecule is CN[C@H]1CCCC[C@@H]1NC1CCNCC1. The predicted octanol–water partition coefficient (Wildman–Crippen LogP) is 0.859. The van der Waals surface area contributed by atoms with Crippen molar-refractivity contribution in [1.82, 2.24) is 16.0 Å². The Labute approximate surface area is 93.4 Å². The van der Waals surface area contributed by atoms with E-state index in [1.165, 1.54) is 51.6 Å². The van der Waals surface area contributed by atoms with Crippen LogP contribution in [0.3, 0.4) is 0 Å². The summed E-state index contributed by atoms with van der Waals surface area (Å²) in [6.07, 6.45) is 8.10. The van der Waals surface area contributed by atoms with Gasteiger partial charge in [0.05, 0.1) is 0 Å². The summed E-state index contributed by atoms with van der Waals surface area (Å²) in [6, 6.07) is 2.17. The Hall–Kier alpha value is -0.120. The number of hydrogen-bond acceptors (Lipinski definition) is 3. The zero-order chi connectivity index (χ0) is 10.5. The Kier molecular flexibility index (Phi) is 4.42. The van der Waals surface area contributed by atoms with Gasteiger partial charge >= 0.3 is 0 Å². The second kappa shape index (κ2) is 5.83. The van der Waals surface area contributed by atoms with Gasteiger partial charge in [-0.2, -0.15) is 0 Å². The molecule has 15 heavy (non-hydrogen) atoms. The fraction of sp³-hybridized carbons (Fsp3) is 1.00. The molecule has 0 unspecified atom stereocenters. The van der Waals surface area contributed by atoms with Crippen molar-refractivity contribution in [1.29, 1.82) is 0 Å². The van der Waals surface area contributed by atoms with E-state index in [-0.39, 0.29) is 0 Å². The Morgan fingerprint density at radius 1 is 0.933 bits per heavy atom. The highest BCUT2D eigenvalue weighted by Gasteiger charge is 2.26. The molecular weight excluding hydrogens is 186 g/mol. The quantitative estimate of drug-likeness (QED) is 0.648. The zero-order valence-corrected chi connectivity index (χ0v) is 9.89. The Morgan fingerprint density at radius 2 is 1.60 bits per heavy atom. The minimum absolute atomic E-state index is 0.702. The second-order valence-electron chi connectivity index (χ2n) is 4.98. The van der Waals surface area contributed by atoms with E-state index in [1.807, 2.05) is 0 Å². The number of rotatable bonds is 3. The van der Waals surface area contributed by atoms with E-state index < -0.39 is 0 Å². The highest BCUT2D eigenvalue weighted by Crippen LogP contribution is 2.19. The number of nitrogens with one attached hydrogen (secondary N) is 3. The molecule has 1 heterocycles. The molecule has 2 fully saturated rings. The molecule has 0 spiro atoms. The van der Waals surface area contributed by atoms with Crippen LogP contribution in [-0.2, 0) is 0 Å². The van der Waals surface area contributed by atoms with E-state index in [4.69, 9.17) is 0 Å². The van der Waals surface area contributed by atoms with Gasteiger partial charge < -0.3 is 16.0 Å². The first-order chi connectivity index (χ1) is 7.40. The standard InChI is InChI=1S/C12H25N3/c1-13-11-4-2-3-5-12(11)15-10-6-8-14-9-7-10/h10-15H,2-9H2,1H3/t11-,12-/m0/s1. The van der Waals surface area contributed by atoms with Crippen LogP contribution in [0, 0.1) is 0 Å². The first-order valence-electron chi connectivity index (χ1n) is 6.54. The third-order valence-corrected chi connectivity index (χ3v) is 3.93. The molecule has 1 aliphatic heterocycles. The largest absolute Gasteiger partial charge is 0.317 e. The van der Waals surface area contributed by atoms with Gasteiger partial charge in [-0.15, -0.1) is 0 Å². The van der Waals surface area contributed by atoms with Gasteiger partial charge in [-0.1, -0.05) is 12.8 Å². The lowest BCUT2D eigenvalue weighted by Crippen LogP contribution is -2.53. The Morgan fingerprint density at radius 3 is 2.27 bits per heavy atom. The first kappa shape index (κ1) is 11.4. The molecule has 3 nitrogen and oxygen atoms in total. The molecule has 3 N–H and O–H groups in total.